The van der Waals surface area contributed by atoms with Gasteiger partial charge in [-0.15, -0.1) is 0 Å². The fourth-order valence-electron chi connectivity index (χ4n) is 1.47. The number of halogens is 2. The van der Waals surface area contributed by atoms with E-state index in [2.05, 4.69) is 20.3 Å². The molecule has 1 aromatic heterocycles. The van der Waals surface area contributed by atoms with Crippen LogP contribution in [0.2, 0.25) is 0 Å². The Bertz CT molecular complexity index is 601. The molecule has 100 valence electrons. The molecule has 0 atom stereocenters. The second-order valence-corrected chi connectivity index (χ2v) is 4.05. The van der Waals surface area contributed by atoms with Crippen molar-refractivity contribution in [3.8, 4) is 11.4 Å². The molecule has 2 aromatic rings. The van der Waals surface area contributed by atoms with Crippen molar-refractivity contribution in [1.29, 1.82) is 0 Å². The van der Waals surface area contributed by atoms with E-state index < -0.39 is 11.6 Å². The maximum absolute atomic E-state index is 13.7. The number of aromatic nitrogens is 3. The molecule has 0 radical (unpaired) electrons. The molecular weight excluding hydrogens is 252 g/mol. The molecule has 5 nitrogen and oxygen atoms in total. The highest BCUT2D eigenvalue weighted by Gasteiger charge is 2.13. The van der Waals surface area contributed by atoms with Crippen LogP contribution in [0.25, 0.3) is 11.4 Å². The molecule has 1 N–H and O–H groups in total. The minimum atomic E-state index is -0.584. The standard InChI is InChI=1S/C12H13F2N5/c1-15-11-16-10(17-12(18-11)19(2)3)8-6-7(13)4-5-9(8)14/h4-6H,1-3H3,(H,15,16,17,18). The SMILES string of the molecule is CNc1nc(-c2cc(F)ccc2F)nc(N(C)C)n1. The van der Waals surface area contributed by atoms with Gasteiger partial charge in [0.25, 0.3) is 0 Å². The van der Waals surface area contributed by atoms with Gasteiger partial charge in [0.1, 0.15) is 11.6 Å². The predicted octanol–water partition coefficient (Wildman–Crippen LogP) is 1.92. The highest BCUT2D eigenvalue weighted by molar-refractivity contribution is 5.59. The predicted molar refractivity (Wildman–Crippen MR) is 69.1 cm³/mol. The normalized spacial score (nSPS) is 10.4. The summed E-state index contributed by atoms with van der Waals surface area (Å²) in [5.41, 5.74) is 0.00185. The number of anilines is 2. The van der Waals surface area contributed by atoms with Gasteiger partial charge in [0.05, 0.1) is 5.56 Å². The van der Waals surface area contributed by atoms with E-state index in [4.69, 9.17) is 0 Å². The van der Waals surface area contributed by atoms with Crippen molar-refractivity contribution >= 4 is 11.9 Å². The Hall–Kier alpha value is -2.31. The van der Waals surface area contributed by atoms with Crippen molar-refractivity contribution in [2.45, 2.75) is 0 Å². The van der Waals surface area contributed by atoms with Crippen LogP contribution < -0.4 is 10.2 Å². The molecule has 0 saturated carbocycles. The number of hydrogen-bond acceptors (Lipinski definition) is 5. The monoisotopic (exact) mass is 265 g/mol. The maximum Gasteiger partial charge on any atom is 0.230 e. The molecular formula is C12H13F2N5. The van der Waals surface area contributed by atoms with Gasteiger partial charge < -0.3 is 10.2 Å². The summed E-state index contributed by atoms with van der Waals surface area (Å²) in [5.74, 6) is -0.399. The van der Waals surface area contributed by atoms with E-state index in [9.17, 15) is 8.78 Å². The minimum absolute atomic E-state index is 0.00185. The van der Waals surface area contributed by atoms with Gasteiger partial charge >= 0.3 is 0 Å². The smallest absolute Gasteiger partial charge is 0.230 e. The third kappa shape index (κ3) is 2.75. The quantitative estimate of drug-likeness (QED) is 0.919. The first-order valence-electron chi connectivity index (χ1n) is 5.58. The van der Waals surface area contributed by atoms with Gasteiger partial charge in [-0.2, -0.15) is 15.0 Å². The number of benzene rings is 1. The topological polar surface area (TPSA) is 53.9 Å². The highest BCUT2D eigenvalue weighted by atomic mass is 19.1. The third-order valence-electron chi connectivity index (χ3n) is 2.42. The highest BCUT2D eigenvalue weighted by Crippen LogP contribution is 2.22. The van der Waals surface area contributed by atoms with E-state index in [0.29, 0.717) is 5.95 Å². The first-order chi connectivity index (χ1) is 9.01. The molecule has 0 unspecified atom stereocenters. The van der Waals surface area contributed by atoms with Crippen LogP contribution in [0.4, 0.5) is 20.7 Å². The van der Waals surface area contributed by atoms with Gasteiger partial charge in [0, 0.05) is 21.1 Å². The largest absolute Gasteiger partial charge is 0.357 e. The van der Waals surface area contributed by atoms with E-state index >= 15 is 0 Å². The lowest BCUT2D eigenvalue weighted by Gasteiger charge is -2.12. The number of nitrogens with one attached hydrogen (secondary N) is 1. The van der Waals surface area contributed by atoms with Crippen molar-refractivity contribution in [2.75, 3.05) is 31.4 Å². The van der Waals surface area contributed by atoms with Crippen LogP contribution in [-0.2, 0) is 0 Å². The summed E-state index contributed by atoms with van der Waals surface area (Å²) in [4.78, 5) is 13.9. The summed E-state index contributed by atoms with van der Waals surface area (Å²) in [6.45, 7) is 0. The summed E-state index contributed by atoms with van der Waals surface area (Å²) < 4.78 is 26.9. The molecule has 0 fully saturated rings. The first-order valence-corrected chi connectivity index (χ1v) is 5.58. The van der Waals surface area contributed by atoms with Crippen molar-refractivity contribution in [2.24, 2.45) is 0 Å². The molecule has 0 spiro atoms. The van der Waals surface area contributed by atoms with Crippen LogP contribution in [0.3, 0.4) is 0 Å². The van der Waals surface area contributed by atoms with Gasteiger partial charge in [-0.3, -0.25) is 0 Å². The van der Waals surface area contributed by atoms with Crippen LogP contribution in [0, 0.1) is 11.6 Å². The Balaban J connectivity index is 2.60. The van der Waals surface area contributed by atoms with Crippen molar-refractivity contribution < 1.29 is 8.78 Å². The third-order valence-corrected chi connectivity index (χ3v) is 2.42. The Labute approximate surface area is 109 Å². The zero-order valence-corrected chi connectivity index (χ0v) is 10.8. The second-order valence-electron chi connectivity index (χ2n) is 4.05. The fourth-order valence-corrected chi connectivity index (χ4v) is 1.47. The summed E-state index contributed by atoms with van der Waals surface area (Å²) in [6, 6.07) is 3.15. The van der Waals surface area contributed by atoms with Crippen LogP contribution in [-0.4, -0.2) is 36.1 Å². The van der Waals surface area contributed by atoms with Crippen molar-refractivity contribution in [3.05, 3.63) is 29.8 Å². The second kappa shape index (κ2) is 5.13. The average Bonchev–Trinajstić information content (AvgIpc) is 2.40. The van der Waals surface area contributed by atoms with Gasteiger partial charge in [-0.05, 0) is 18.2 Å². The molecule has 0 saturated heterocycles. The van der Waals surface area contributed by atoms with Crippen LogP contribution in [0.5, 0.6) is 0 Å². The Morgan fingerprint density at radius 2 is 1.84 bits per heavy atom. The maximum atomic E-state index is 13.7. The minimum Gasteiger partial charge on any atom is -0.357 e. The molecule has 19 heavy (non-hydrogen) atoms. The van der Waals surface area contributed by atoms with Gasteiger partial charge in [0.2, 0.25) is 11.9 Å². The molecule has 2 rings (SSSR count). The molecule has 1 aromatic carbocycles. The molecule has 0 aliphatic heterocycles. The van der Waals surface area contributed by atoms with Crippen LogP contribution in [0.15, 0.2) is 18.2 Å². The molecule has 0 aliphatic rings. The van der Waals surface area contributed by atoms with Gasteiger partial charge in [-0.25, -0.2) is 8.78 Å². The number of rotatable bonds is 3. The van der Waals surface area contributed by atoms with E-state index in [0.717, 1.165) is 18.2 Å². The number of nitrogens with zero attached hydrogens (tertiary/aromatic N) is 4. The zero-order valence-electron chi connectivity index (χ0n) is 10.8. The Morgan fingerprint density at radius 3 is 2.47 bits per heavy atom. The number of hydrogen-bond donors (Lipinski definition) is 1. The summed E-state index contributed by atoms with van der Waals surface area (Å²) >= 11 is 0. The van der Waals surface area contributed by atoms with Gasteiger partial charge in [-0.1, -0.05) is 0 Å². The lowest BCUT2D eigenvalue weighted by molar-refractivity contribution is 0.602. The van der Waals surface area contributed by atoms with E-state index in [1.807, 2.05) is 0 Å². The Kier molecular flexibility index (Phi) is 3.55. The molecule has 0 bridgehead atoms. The first kappa shape index (κ1) is 13.1. The molecule has 0 amide bonds. The lowest BCUT2D eigenvalue weighted by Crippen LogP contribution is -2.15. The molecule has 7 heteroatoms. The van der Waals surface area contributed by atoms with E-state index in [1.165, 1.54) is 0 Å². The summed E-state index contributed by atoms with van der Waals surface area (Å²) in [5, 5.41) is 2.76. The van der Waals surface area contributed by atoms with E-state index in [-0.39, 0.29) is 17.3 Å². The van der Waals surface area contributed by atoms with Crippen molar-refractivity contribution in [3.63, 3.8) is 0 Å². The Morgan fingerprint density at radius 1 is 1.11 bits per heavy atom. The summed E-state index contributed by atoms with van der Waals surface area (Å²) in [6.07, 6.45) is 0. The van der Waals surface area contributed by atoms with Gasteiger partial charge in [0.15, 0.2) is 5.82 Å². The average molecular weight is 265 g/mol. The molecule has 0 aliphatic carbocycles. The van der Waals surface area contributed by atoms with Crippen LogP contribution >= 0.6 is 0 Å². The lowest BCUT2D eigenvalue weighted by atomic mass is 10.2. The van der Waals surface area contributed by atoms with Crippen molar-refractivity contribution in [1.82, 2.24) is 15.0 Å². The van der Waals surface area contributed by atoms with Crippen LogP contribution in [0.1, 0.15) is 0 Å². The fraction of sp³-hybridized carbons (Fsp3) is 0.250. The summed E-state index contributed by atoms with van der Waals surface area (Å²) in [7, 11) is 5.14. The zero-order chi connectivity index (χ0) is 14.0. The molecule has 1 heterocycles. The van der Waals surface area contributed by atoms with E-state index in [1.54, 1.807) is 26.0 Å².